The number of nitrogens with zero attached hydrogens (tertiary/aromatic N) is 2. The van der Waals surface area contributed by atoms with E-state index in [1.54, 1.807) is 12.1 Å². The van der Waals surface area contributed by atoms with Crippen molar-refractivity contribution < 1.29 is 18.4 Å². The lowest BCUT2D eigenvalue weighted by Crippen LogP contribution is -2.33. The van der Waals surface area contributed by atoms with Crippen molar-refractivity contribution >= 4 is 12.2 Å². The first-order valence-electron chi connectivity index (χ1n) is 11.9. The molecule has 2 heterocycles. The molecular formula is C27H32F2N2O2. The number of likely N-dealkylation sites (tertiary alicyclic amines) is 1. The second-order valence-electron chi connectivity index (χ2n) is 9.48. The second kappa shape index (κ2) is 9.72. The van der Waals surface area contributed by atoms with E-state index in [0.29, 0.717) is 19.0 Å². The van der Waals surface area contributed by atoms with Gasteiger partial charge in [0.05, 0.1) is 0 Å². The van der Waals surface area contributed by atoms with Crippen LogP contribution in [0.4, 0.5) is 8.78 Å². The average molecular weight is 455 g/mol. The molecule has 0 spiro atoms. The van der Waals surface area contributed by atoms with Gasteiger partial charge in [-0.1, -0.05) is 49.7 Å². The summed E-state index contributed by atoms with van der Waals surface area (Å²) >= 11 is 0. The molecule has 1 fully saturated rings. The quantitative estimate of drug-likeness (QED) is 0.495. The van der Waals surface area contributed by atoms with Crippen LogP contribution in [-0.2, 0) is 23.8 Å². The first-order chi connectivity index (χ1) is 15.8. The number of rotatable bonds is 8. The maximum absolute atomic E-state index is 13.5. The highest BCUT2D eigenvalue weighted by molar-refractivity contribution is 5.98. The monoisotopic (exact) mass is 454 g/mol. The topological polar surface area (TPSA) is 40.6 Å². The molecule has 0 radical (unpaired) electrons. The van der Waals surface area contributed by atoms with E-state index in [1.807, 2.05) is 11.0 Å². The Hall–Kier alpha value is -2.60. The number of piperidine rings is 1. The van der Waals surface area contributed by atoms with Crippen molar-refractivity contribution in [3.05, 3.63) is 70.3 Å². The zero-order valence-corrected chi connectivity index (χ0v) is 19.4. The molecule has 4 nitrogen and oxygen atoms in total. The summed E-state index contributed by atoms with van der Waals surface area (Å²) in [6, 6.07) is 12.7. The fraction of sp³-hybridized carbons (Fsp3) is 0.481. The van der Waals surface area contributed by atoms with Gasteiger partial charge in [-0.3, -0.25) is 14.5 Å². The van der Waals surface area contributed by atoms with Crippen LogP contribution in [0.2, 0.25) is 0 Å². The largest absolute Gasteiger partial charge is 0.332 e. The molecule has 0 bridgehead atoms. The van der Waals surface area contributed by atoms with E-state index >= 15 is 0 Å². The summed E-state index contributed by atoms with van der Waals surface area (Å²) in [6.45, 7) is 7.57. The third kappa shape index (κ3) is 5.01. The van der Waals surface area contributed by atoms with Gasteiger partial charge in [0.1, 0.15) is 0 Å². The van der Waals surface area contributed by atoms with Crippen molar-refractivity contribution in [2.24, 2.45) is 0 Å². The Labute approximate surface area is 194 Å². The average Bonchev–Trinajstić information content (AvgIpc) is 3.16. The molecule has 1 amide bonds. The summed E-state index contributed by atoms with van der Waals surface area (Å²) in [6.07, 6.45) is 3.84. The molecule has 1 saturated heterocycles. The molecule has 6 heteroatoms. The lowest BCUT2D eigenvalue weighted by Gasteiger charge is -2.32. The van der Waals surface area contributed by atoms with E-state index in [9.17, 15) is 18.4 Å². The third-order valence-corrected chi connectivity index (χ3v) is 7.15. The van der Waals surface area contributed by atoms with Crippen molar-refractivity contribution in [3.8, 4) is 0 Å². The molecule has 0 aromatic heterocycles. The zero-order chi connectivity index (χ0) is 23.6. The van der Waals surface area contributed by atoms with Gasteiger partial charge in [-0.15, -0.1) is 0 Å². The van der Waals surface area contributed by atoms with Gasteiger partial charge in [0, 0.05) is 30.3 Å². The Bertz CT molecular complexity index is 998. The molecule has 176 valence electrons. The first kappa shape index (κ1) is 23.6. The van der Waals surface area contributed by atoms with Gasteiger partial charge < -0.3 is 4.90 Å². The van der Waals surface area contributed by atoms with Crippen molar-refractivity contribution in [1.29, 1.82) is 0 Å². The molecule has 2 aliphatic rings. The van der Waals surface area contributed by atoms with Crippen LogP contribution in [0.3, 0.4) is 0 Å². The number of carbonyl (C=O) groups is 2. The normalized spacial score (nSPS) is 18.4. The minimum atomic E-state index is -3.43. The molecule has 33 heavy (non-hydrogen) atoms. The molecule has 1 atom stereocenters. The Morgan fingerprint density at radius 2 is 1.82 bits per heavy atom. The minimum Gasteiger partial charge on any atom is -0.332 e. The number of alkyl halides is 2. The molecule has 2 aromatic rings. The highest BCUT2D eigenvalue weighted by Crippen LogP contribution is 2.33. The number of hydrogen-bond donors (Lipinski definition) is 0. The summed E-state index contributed by atoms with van der Waals surface area (Å²) in [5.41, 5.74) is 4.01. The molecule has 0 N–H and O–H groups in total. The number of halogens is 2. The van der Waals surface area contributed by atoms with Crippen molar-refractivity contribution in [1.82, 2.24) is 9.80 Å². The molecule has 0 saturated carbocycles. The van der Waals surface area contributed by atoms with Crippen LogP contribution in [0.25, 0.3) is 0 Å². The summed E-state index contributed by atoms with van der Waals surface area (Å²) in [4.78, 5) is 27.7. The van der Waals surface area contributed by atoms with E-state index in [0.717, 1.165) is 55.5 Å². The maximum atomic E-state index is 13.5. The van der Waals surface area contributed by atoms with Crippen molar-refractivity contribution in [2.75, 3.05) is 13.1 Å². The Morgan fingerprint density at radius 1 is 1.12 bits per heavy atom. The van der Waals surface area contributed by atoms with E-state index < -0.39 is 5.92 Å². The van der Waals surface area contributed by atoms with Gasteiger partial charge in [0.2, 0.25) is 0 Å². The van der Waals surface area contributed by atoms with Crippen LogP contribution >= 0.6 is 0 Å². The van der Waals surface area contributed by atoms with E-state index in [2.05, 4.69) is 30.9 Å². The van der Waals surface area contributed by atoms with Crippen LogP contribution in [0.1, 0.15) is 78.1 Å². The van der Waals surface area contributed by atoms with E-state index in [-0.39, 0.29) is 23.8 Å². The van der Waals surface area contributed by atoms with Crippen LogP contribution in [0.5, 0.6) is 0 Å². The number of aldehydes is 1. The van der Waals surface area contributed by atoms with Crippen LogP contribution in [-0.4, -0.2) is 41.1 Å². The predicted molar refractivity (Wildman–Crippen MR) is 124 cm³/mol. The molecular weight excluding hydrogens is 422 g/mol. The fourth-order valence-electron chi connectivity index (χ4n) is 5.13. The summed E-state index contributed by atoms with van der Waals surface area (Å²) in [5, 5.41) is 0. The van der Waals surface area contributed by atoms with E-state index in [4.69, 9.17) is 0 Å². The predicted octanol–water partition coefficient (Wildman–Crippen LogP) is 5.50. The van der Waals surface area contributed by atoms with Crippen LogP contribution in [0, 0.1) is 0 Å². The summed E-state index contributed by atoms with van der Waals surface area (Å²) < 4.78 is 27.0. The van der Waals surface area contributed by atoms with Crippen LogP contribution in [0.15, 0.2) is 42.5 Å². The van der Waals surface area contributed by atoms with Gasteiger partial charge in [-0.2, -0.15) is 8.78 Å². The molecule has 2 aromatic carbocycles. The molecule has 0 aliphatic carbocycles. The van der Waals surface area contributed by atoms with Gasteiger partial charge in [-0.05, 0) is 68.0 Å². The smallest absolute Gasteiger partial charge is 0.327 e. The van der Waals surface area contributed by atoms with Gasteiger partial charge in [0.15, 0.2) is 6.29 Å². The summed E-state index contributed by atoms with van der Waals surface area (Å²) in [5.74, 6) is -2.80. The molecule has 4 rings (SSSR count). The SMILES string of the molecule is CCCC(C)N1Cc2cc(C3CCN(Cc4ccc(C(F)(F)C=O)cc4)CC3)ccc2C1=O. The fourth-order valence-corrected chi connectivity index (χ4v) is 5.13. The number of fused-ring (bicyclic) bond motifs is 1. The number of benzene rings is 2. The van der Waals surface area contributed by atoms with Gasteiger partial charge >= 0.3 is 5.92 Å². The molecule has 1 unspecified atom stereocenters. The summed E-state index contributed by atoms with van der Waals surface area (Å²) in [7, 11) is 0. The van der Waals surface area contributed by atoms with Gasteiger partial charge in [-0.25, -0.2) is 0 Å². The van der Waals surface area contributed by atoms with Crippen molar-refractivity contribution in [3.63, 3.8) is 0 Å². The Balaban J connectivity index is 1.34. The Morgan fingerprint density at radius 3 is 2.45 bits per heavy atom. The lowest BCUT2D eigenvalue weighted by atomic mass is 9.87. The number of carbonyl (C=O) groups excluding carboxylic acids is 2. The number of amides is 1. The second-order valence-corrected chi connectivity index (χ2v) is 9.48. The van der Waals surface area contributed by atoms with E-state index in [1.165, 1.54) is 17.7 Å². The number of hydrogen-bond acceptors (Lipinski definition) is 3. The third-order valence-electron chi connectivity index (χ3n) is 7.15. The molecule has 2 aliphatic heterocycles. The Kier molecular flexibility index (Phi) is 6.94. The van der Waals surface area contributed by atoms with Gasteiger partial charge in [0.25, 0.3) is 5.91 Å². The lowest BCUT2D eigenvalue weighted by molar-refractivity contribution is -0.130. The highest BCUT2D eigenvalue weighted by atomic mass is 19.3. The highest BCUT2D eigenvalue weighted by Gasteiger charge is 2.32. The first-order valence-corrected chi connectivity index (χ1v) is 11.9. The zero-order valence-electron chi connectivity index (χ0n) is 19.4. The van der Waals surface area contributed by atoms with Crippen LogP contribution < -0.4 is 0 Å². The maximum Gasteiger partial charge on any atom is 0.327 e. The standard InChI is InChI=1S/C27H32F2N2O2/c1-3-4-19(2)31-17-23-15-22(7-10-25(23)26(31)33)21-11-13-30(14-12-21)16-20-5-8-24(9-6-20)27(28,29)18-32/h5-10,15,18-19,21H,3-4,11-14,16-17H2,1-2H3. The van der Waals surface area contributed by atoms with Crippen molar-refractivity contribution in [2.45, 2.75) is 70.5 Å². The minimum absolute atomic E-state index is 0.157.